The first-order valence-corrected chi connectivity index (χ1v) is 5.44. The summed E-state index contributed by atoms with van der Waals surface area (Å²) >= 11 is 5.63. The third kappa shape index (κ3) is 1.41. The van der Waals surface area contributed by atoms with Crippen LogP contribution in [0.2, 0.25) is 0 Å². The van der Waals surface area contributed by atoms with E-state index in [0.29, 0.717) is 38.4 Å². The van der Waals surface area contributed by atoms with Gasteiger partial charge in [0, 0.05) is 35.5 Å². The molecule has 0 amide bonds. The Morgan fingerprint density at radius 1 is 1.43 bits per heavy atom. The van der Waals surface area contributed by atoms with Crippen LogP contribution >= 0.6 is 11.6 Å². The summed E-state index contributed by atoms with van der Waals surface area (Å²) in [5.41, 5.74) is -0.648. The van der Waals surface area contributed by atoms with Crippen LogP contribution in [0.4, 0.5) is 0 Å². The fourth-order valence-corrected chi connectivity index (χ4v) is 3.00. The Labute approximate surface area is 87.7 Å². The first-order chi connectivity index (χ1) is 6.63. The smallest absolute Gasteiger partial charge is 0.224 e. The molecule has 0 N–H and O–H groups in total. The molecule has 5 heteroatoms. The van der Waals surface area contributed by atoms with Gasteiger partial charge in [-0.25, -0.2) is 0 Å². The fraction of sp³-hybridized carbons (Fsp3) is 1.00. The average molecular weight is 220 g/mol. The SMILES string of the molecule is O=[N+]([O-])C1(CCCl)CCC2(COC2)C1. The van der Waals surface area contributed by atoms with Crippen molar-refractivity contribution in [2.24, 2.45) is 5.41 Å². The second kappa shape index (κ2) is 3.35. The quantitative estimate of drug-likeness (QED) is 0.413. The van der Waals surface area contributed by atoms with Gasteiger partial charge in [0.15, 0.2) is 0 Å². The molecule has 1 spiro atoms. The molecule has 0 aromatic carbocycles. The molecular weight excluding hydrogens is 206 g/mol. The summed E-state index contributed by atoms with van der Waals surface area (Å²) in [6.45, 7) is 1.40. The van der Waals surface area contributed by atoms with Crippen LogP contribution in [-0.4, -0.2) is 29.6 Å². The van der Waals surface area contributed by atoms with E-state index in [1.54, 1.807) is 0 Å². The third-order valence-electron chi connectivity index (χ3n) is 3.59. The van der Waals surface area contributed by atoms with Gasteiger partial charge in [-0.05, 0) is 6.42 Å². The topological polar surface area (TPSA) is 52.4 Å². The Morgan fingerprint density at radius 3 is 2.50 bits per heavy atom. The largest absolute Gasteiger partial charge is 0.380 e. The molecule has 1 atom stereocenters. The van der Waals surface area contributed by atoms with Gasteiger partial charge in [-0.2, -0.15) is 0 Å². The number of rotatable bonds is 3. The van der Waals surface area contributed by atoms with Crippen molar-refractivity contribution in [1.29, 1.82) is 0 Å². The van der Waals surface area contributed by atoms with Crippen LogP contribution in [0.3, 0.4) is 0 Å². The normalized spacial score (nSPS) is 34.4. The van der Waals surface area contributed by atoms with Gasteiger partial charge >= 0.3 is 0 Å². The Morgan fingerprint density at radius 2 is 2.14 bits per heavy atom. The van der Waals surface area contributed by atoms with E-state index < -0.39 is 5.54 Å². The lowest BCUT2D eigenvalue weighted by Crippen LogP contribution is -2.44. The summed E-state index contributed by atoms with van der Waals surface area (Å²) in [4.78, 5) is 10.9. The summed E-state index contributed by atoms with van der Waals surface area (Å²) in [5.74, 6) is 0.373. The molecule has 1 saturated heterocycles. The van der Waals surface area contributed by atoms with Crippen LogP contribution in [-0.2, 0) is 4.74 Å². The molecule has 1 aliphatic carbocycles. The number of hydrogen-bond donors (Lipinski definition) is 0. The molecule has 14 heavy (non-hydrogen) atoms. The van der Waals surface area contributed by atoms with Crippen molar-refractivity contribution in [2.75, 3.05) is 19.1 Å². The lowest BCUT2D eigenvalue weighted by Gasteiger charge is -2.38. The van der Waals surface area contributed by atoms with Crippen molar-refractivity contribution in [2.45, 2.75) is 31.2 Å². The summed E-state index contributed by atoms with van der Waals surface area (Å²) in [5, 5.41) is 11.0. The molecule has 1 aliphatic heterocycles. The molecule has 0 aromatic heterocycles. The van der Waals surface area contributed by atoms with Crippen molar-refractivity contribution in [3.63, 3.8) is 0 Å². The Balaban J connectivity index is 2.10. The Hall–Kier alpha value is -0.350. The first-order valence-electron chi connectivity index (χ1n) is 4.91. The minimum Gasteiger partial charge on any atom is -0.380 e. The lowest BCUT2D eigenvalue weighted by atomic mass is 9.81. The minimum absolute atomic E-state index is 0.110. The van der Waals surface area contributed by atoms with Gasteiger partial charge in [-0.1, -0.05) is 0 Å². The molecule has 0 bridgehead atoms. The molecular formula is C9H14ClNO3. The van der Waals surface area contributed by atoms with Gasteiger partial charge in [0.05, 0.1) is 13.2 Å². The fourth-order valence-electron chi connectivity index (χ4n) is 2.65. The van der Waals surface area contributed by atoms with Crippen molar-refractivity contribution < 1.29 is 9.66 Å². The Kier molecular flexibility index (Phi) is 2.43. The zero-order chi connectivity index (χ0) is 10.2. The van der Waals surface area contributed by atoms with Crippen LogP contribution in [0.15, 0.2) is 0 Å². The maximum atomic E-state index is 11.0. The van der Waals surface area contributed by atoms with E-state index in [-0.39, 0.29) is 10.3 Å². The number of halogens is 1. The van der Waals surface area contributed by atoms with Gasteiger partial charge in [0.25, 0.3) is 0 Å². The molecule has 1 saturated carbocycles. The van der Waals surface area contributed by atoms with Gasteiger partial charge in [-0.15, -0.1) is 11.6 Å². The van der Waals surface area contributed by atoms with Crippen molar-refractivity contribution >= 4 is 11.6 Å². The molecule has 1 unspecified atom stereocenters. The zero-order valence-corrected chi connectivity index (χ0v) is 8.76. The van der Waals surface area contributed by atoms with Gasteiger partial charge in [0.1, 0.15) is 0 Å². The third-order valence-corrected chi connectivity index (χ3v) is 3.78. The van der Waals surface area contributed by atoms with E-state index in [2.05, 4.69) is 0 Å². The summed E-state index contributed by atoms with van der Waals surface area (Å²) in [6.07, 6.45) is 2.73. The predicted molar refractivity (Wildman–Crippen MR) is 52.2 cm³/mol. The van der Waals surface area contributed by atoms with Crippen LogP contribution in [0, 0.1) is 15.5 Å². The molecule has 2 rings (SSSR count). The molecule has 2 fully saturated rings. The minimum atomic E-state index is -0.758. The maximum Gasteiger partial charge on any atom is 0.224 e. The van der Waals surface area contributed by atoms with E-state index in [4.69, 9.17) is 16.3 Å². The molecule has 80 valence electrons. The van der Waals surface area contributed by atoms with E-state index in [9.17, 15) is 10.1 Å². The van der Waals surface area contributed by atoms with Crippen LogP contribution in [0.25, 0.3) is 0 Å². The van der Waals surface area contributed by atoms with Crippen molar-refractivity contribution in [3.05, 3.63) is 10.1 Å². The van der Waals surface area contributed by atoms with Crippen molar-refractivity contribution in [1.82, 2.24) is 0 Å². The highest BCUT2D eigenvalue weighted by Gasteiger charge is 2.58. The van der Waals surface area contributed by atoms with E-state index in [1.165, 1.54) is 0 Å². The highest BCUT2D eigenvalue weighted by atomic mass is 35.5. The molecule has 4 nitrogen and oxygen atoms in total. The van der Waals surface area contributed by atoms with E-state index in [0.717, 1.165) is 6.42 Å². The van der Waals surface area contributed by atoms with Crippen molar-refractivity contribution in [3.8, 4) is 0 Å². The number of nitrogens with zero attached hydrogens (tertiary/aromatic N) is 1. The summed E-state index contributed by atoms with van der Waals surface area (Å²) < 4.78 is 5.16. The molecule has 2 aliphatic rings. The summed E-state index contributed by atoms with van der Waals surface area (Å²) in [7, 11) is 0. The van der Waals surface area contributed by atoms with Crippen LogP contribution in [0.5, 0.6) is 0 Å². The molecule has 0 aromatic rings. The first kappa shape index (κ1) is 10.2. The molecule has 1 heterocycles. The number of alkyl halides is 1. The zero-order valence-electron chi connectivity index (χ0n) is 8.00. The standard InChI is InChI=1S/C9H14ClNO3/c10-4-3-9(11(12)13)2-1-8(5-9)6-14-7-8/h1-7H2. The molecule has 0 radical (unpaired) electrons. The predicted octanol–water partition coefficient (Wildman–Crippen LogP) is 1.83. The van der Waals surface area contributed by atoms with Crippen LogP contribution in [0.1, 0.15) is 25.7 Å². The number of nitro groups is 1. The van der Waals surface area contributed by atoms with E-state index in [1.807, 2.05) is 0 Å². The summed E-state index contributed by atoms with van der Waals surface area (Å²) in [6, 6.07) is 0. The lowest BCUT2D eigenvalue weighted by molar-refractivity contribution is -0.570. The van der Waals surface area contributed by atoms with Gasteiger partial charge in [-0.3, -0.25) is 10.1 Å². The van der Waals surface area contributed by atoms with E-state index >= 15 is 0 Å². The highest BCUT2D eigenvalue weighted by molar-refractivity contribution is 6.17. The maximum absolute atomic E-state index is 11.0. The van der Waals surface area contributed by atoms with Gasteiger partial charge < -0.3 is 4.74 Å². The second-order valence-electron chi connectivity index (χ2n) is 4.59. The number of ether oxygens (including phenoxy) is 1. The van der Waals surface area contributed by atoms with Gasteiger partial charge in [0.2, 0.25) is 5.54 Å². The Bertz CT molecular complexity index is 254. The average Bonchev–Trinajstić information content (AvgIpc) is 2.46. The second-order valence-corrected chi connectivity index (χ2v) is 4.97. The highest BCUT2D eigenvalue weighted by Crippen LogP contribution is 2.51. The van der Waals surface area contributed by atoms with Crippen LogP contribution < -0.4 is 0 Å². The monoisotopic (exact) mass is 219 g/mol. The number of hydrogen-bond acceptors (Lipinski definition) is 3.